The number of nitrogens with one attached hydrogen (secondary N) is 1. The first-order valence-corrected chi connectivity index (χ1v) is 7.42. The number of anilines is 1. The zero-order valence-corrected chi connectivity index (χ0v) is 12.0. The molecule has 0 radical (unpaired) electrons. The highest BCUT2D eigenvalue weighted by molar-refractivity contribution is 5.92. The van der Waals surface area contributed by atoms with Gasteiger partial charge >= 0.3 is 0 Å². The van der Waals surface area contributed by atoms with Crippen molar-refractivity contribution in [2.45, 2.75) is 37.3 Å². The Morgan fingerprint density at radius 2 is 2.14 bits per heavy atom. The van der Waals surface area contributed by atoms with Gasteiger partial charge in [0.15, 0.2) is 0 Å². The van der Waals surface area contributed by atoms with Crippen molar-refractivity contribution in [2.75, 3.05) is 25.6 Å². The molecule has 2 aliphatic heterocycles. The first-order valence-electron chi connectivity index (χ1n) is 7.42. The fraction of sp³-hybridized carbons (Fsp3) is 0.600. The van der Waals surface area contributed by atoms with Crippen LogP contribution in [0.15, 0.2) is 18.2 Å². The maximum atomic E-state index is 12.2. The summed E-state index contributed by atoms with van der Waals surface area (Å²) in [6.45, 7) is 2.14. The van der Waals surface area contributed by atoms with Crippen molar-refractivity contribution in [3.63, 3.8) is 0 Å². The third kappa shape index (κ3) is 3.33. The molecule has 21 heavy (non-hydrogen) atoms. The van der Waals surface area contributed by atoms with E-state index in [-0.39, 0.29) is 17.6 Å². The van der Waals surface area contributed by atoms with Gasteiger partial charge < -0.3 is 20.5 Å². The van der Waals surface area contributed by atoms with Crippen LogP contribution in [0.2, 0.25) is 0 Å². The second kappa shape index (κ2) is 5.99. The average Bonchev–Trinajstić information content (AvgIpc) is 2.48. The number of rotatable bonds is 2. The fourth-order valence-corrected chi connectivity index (χ4v) is 3.08. The fourth-order valence-electron chi connectivity index (χ4n) is 3.08. The lowest BCUT2D eigenvalue weighted by Gasteiger charge is -2.43. The van der Waals surface area contributed by atoms with E-state index in [1.807, 2.05) is 0 Å². The van der Waals surface area contributed by atoms with E-state index in [1.54, 1.807) is 18.2 Å². The predicted octanol–water partition coefficient (Wildman–Crippen LogP) is 1.12. The van der Waals surface area contributed by atoms with Crippen molar-refractivity contribution in [2.24, 2.45) is 0 Å². The van der Waals surface area contributed by atoms with Crippen LogP contribution >= 0.6 is 0 Å². The SMILES string of the molecule is Nc1cccc(C(=O)N[C@@H]2CCOC3(CCOCC3)C2)n1. The first-order chi connectivity index (χ1) is 10.2. The first kappa shape index (κ1) is 14.3. The molecule has 0 bridgehead atoms. The van der Waals surface area contributed by atoms with Gasteiger partial charge in [-0.3, -0.25) is 4.79 Å². The van der Waals surface area contributed by atoms with Crippen LogP contribution in [0.3, 0.4) is 0 Å². The summed E-state index contributed by atoms with van der Waals surface area (Å²) in [5.74, 6) is 0.187. The lowest BCUT2D eigenvalue weighted by molar-refractivity contribution is -0.139. The molecule has 2 saturated heterocycles. The number of amides is 1. The molecule has 0 unspecified atom stereocenters. The van der Waals surface area contributed by atoms with Crippen molar-refractivity contribution in [3.8, 4) is 0 Å². The van der Waals surface area contributed by atoms with Crippen molar-refractivity contribution in [1.82, 2.24) is 10.3 Å². The van der Waals surface area contributed by atoms with Gasteiger partial charge in [-0.25, -0.2) is 4.98 Å². The van der Waals surface area contributed by atoms with Crippen LogP contribution in [0.5, 0.6) is 0 Å². The van der Waals surface area contributed by atoms with Crippen LogP contribution in [0.4, 0.5) is 5.82 Å². The molecule has 0 aromatic carbocycles. The van der Waals surface area contributed by atoms with Gasteiger partial charge in [-0.1, -0.05) is 6.07 Å². The molecule has 2 fully saturated rings. The Morgan fingerprint density at radius 1 is 1.33 bits per heavy atom. The standard InChI is InChI=1S/C15H21N3O3/c16-13-3-1-2-12(18-13)14(19)17-11-4-7-21-15(10-11)5-8-20-9-6-15/h1-3,11H,4-10H2,(H2,16,18)(H,17,19)/t11-/m1/s1. The normalized spacial score (nSPS) is 24.7. The Bertz CT molecular complexity index is 509. The zero-order chi connectivity index (χ0) is 14.7. The number of nitrogen functional groups attached to an aromatic ring is 1. The summed E-state index contributed by atoms with van der Waals surface area (Å²) in [7, 11) is 0. The summed E-state index contributed by atoms with van der Waals surface area (Å²) in [4.78, 5) is 16.3. The number of carbonyl (C=O) groups excluding carboxylic acids is 1. The molecule has 6 heteroatoms. The van der Waals surface area contributed by atoms with Crippen LogP contribution in [-0.4, -0.2) is 42.4 Å². The summed E-state index contributed by atoms with van der Waals surface area (Å²) in [5, 5.41) is 3.06. The molecule has 1 atom stereocenters. The van der Waals surface area contributed by atoms with E-state index < -0.39 is 0 Å². The topological polar surface area (TPSA) is 86.5 Å². The summed E-state index contributed by atoms with van der Waals surface area (Å²) in [6.07, 6.45) is 3.47. The number of ether oxygens (including phenoxy) is 2. The van der Waals surface area contributed by atoms with Crippen LogP contribution in [-0.2, 0) is 9.47 Å². The molecule has 3 N–H and O–H groups in total. The number of nitrogens with zero attached hydrogens (tertiary/aromatic N) is 1. The van der Waals surface area contributed by atoms with E-state index in [1.165, 1.54) is 0 Å². The molecule has 3 rings (SSSR count). The molecule has 2 aliphatic rings. The van der Waals surface area contributed by atoms with Crippen molar-refractivity contribution in [1.29, 1.82) is 0 Å². The van der Waals surface area contributed by atoms with E-state index in [4.69, 9.17) is 15.2 Å². The van der Waals surface area contributed by atoms with Gasteiger partial charge in [-0.15, -0.1) is 0 Å². The third-order valence-electron chi connectivity index (χ3n) is 4.24. The van der Waals surface area contributed by atoms with E-state index >= 15 is 0 Å². The second-order valence-corrected chi connectivity index (χ2v) is 5.75. The smallest absolute Gasteiger partial charge is 0.270 e. The minimum atomic E-state index is -0.170. The second-order valence-electron chi connectivity index (χ2n) is 5.75. The van der Waals surface area contributed by atoms with Gasteiger partial charge in [-0.2, -0.15) is 0 Å². The Balaban J connectivity index is 1.63. The van der Waals surface area contributed by atoms with Crippen molar-refractivity contribution in [3.05, 3.63) is 23.9 Å². The molecule has 1 amide bonds. The molecule has 3 heterocycles. The Morgan fingerprint density at radius 3 is 2.90 bits per heavy atom. The number of hydrogen-bond acceptors (Lipinski definition) is 5. The molecular formula is C15H21N3O3. The number of nitrogens with two attached hydrogens (primary N) is 1. The molecule has 0 aliphatic carbocycles. The number of aromatic nitrogens is 1. The van der Waals surface area contributed by atoms with Gasteiger partial charge in [0.2, 0.25) is 0 Å². The van der Waals surface area contributed by atoms with Crippen LogP contribution in [0.25, 0.3) is 0 Å². The van der Waals surface area contributed by atoms with Crippen LogP contribution < -0.4 is 11.1 Å². The van der Waals surface area contributed by atoms with E-state index in [9.17, 15) is 4.79 Å². The molecule has 1 spiro atoms. The number of pyridine rings is 1. The van der Waals surface area contributed by atoms with Crippen molar-refractivity contribution < 1.29 is 14.3 Å². The maximum Gasteiger partial charge on any atom is 0.270 e. The zero-order valence-electron chi connectivity index (χ0n) is 12.0. The highest BCUT2D eigenvalue weighted by Crippen LogP contribution is 2.34. The monoisotopic (exact) mass is 291 g/mol. The molecule has 1 aromatic heterocycles. The van der Waals surface area contributed by atoms with E-state index in [0.717, 1.165) is 38.9 Å². The Kier molecular flexibility index (Phi) is 4.07. The third-order valence-corrected chi connectivity index (χ3v) is 4.24. The molecular weight excluding hydrogens is 270 g/mol. The summed E-state index contributed by atoms with van der Waals surface area (Å²) in [5.41, 5.74) is 5.85. The average molecular weight is 291 g/mol. The Labute approximate surface area is 124 Å². The number of hydrogen-bond donors (Lipinski definition) is 2. The summed E-state index contributed by atoms with van der Waals surface area (Å²) in [6, 6.07) is 5.20. The quantitative estimate of drug-likeness (QED) is 0.852. The summed E-state index contributed by atoms with van der Waals surface area (Å²) >= 11 is 0. The van der Waals surface area contributed by atoms with Gasteiger partial charge in [-0.05, 0) is 37.8 Å². The highest BCUT2D eigenvalue weighted by atomic mass is 16.5. The Hall–Kier alpha value is -1.66. The maximum absolute atomic E-state index is 12.2. The summed E-state index contributed by atoms with van der Waals surface area (Å²) < 4.78 is 11.4. The molecule has 6 nitrogen and oxygen atoms in total. The largest absolute Gasteiger partial charge is 0.384 e. The molecule has 1 aromatic rings. The van der Waals surface area contributed by atoms with Crippen LogP contribution in [0.1, 0.15) is 36.2 Å². The highest BCUT2D eigenvalue weighted by Gasteiger charge is 2.39. The van der Waals surface area contributed by atoms with Crippen molar-refractivity contribution >= 4 is 11.7 Å². The van der Waals surface area contributed by atoms with Gasteiger partial charge in [0.25, 0.3) is 5.91 Å². The lowest BCUT2D eigenvalue weighted by atomic mass is 9.84. The molecule has 114 valence electrons. The molecule has 0 saturated carbocycles. The number of carbonyl (C=O) groups is 1. The van der Waals surface area contributed by atoms with Gasteiger partial charge in [0.05, 0.1) is 5.60 Å². The minimum Gasteiger partial charge on any atom is -0.384 e. The lowest BCUT2D eigenvalue weighted by Crippen LogP contribution is -2.51. The minimum absolute atomic E-state index is 0.118. The predicted molar refractivity (Wildman–Crippen MR) is 77.9 cm³/mol. The van der Waals surface area contributed by atoms with E-state index in [2.05, 4.69) is 10.3 Å². The van der Waals surface area contributed by atoms with E-state index in [0.29, 0.717) is 18.1 Å². The van der Waals surface area contributed by atoms with Crippen LogP contribution in [0, 0.1) is 0 Å². The van der Waals surface area contributed by atoms with Gasteiger partial charge in [0.1, 0.15) is 11.5 Å². The van der Waals surface area contributed by atoms with Gasteiger partial charge in [0, 0.05) is 25.9 Å².